The Hall–Kier alpha value is -2.30. The Morgan fingerprint density at radius 1 is 1.35 bits per heavy atom. The number of carbonyl (C=O) groups excluding carboxylic acids is 1. The van der Waals surface area contributed by atoms with Crippen LogP contribution in [0.25, 0.3) is 10.8 Å². The van der Waals surface area contributed by atoms with E-state index in [1.165, 1.54) is 4.57 Å². The van der Waals surface area contributed by atoms with Crippen molar-refractivity contribution in [2.24, 2.45) is 0 Å². The maximum Gasteiger partial charge on any atom is 0.259 e. The summed E-state index contributed by atoms with van der Waals surface area (Å²) in [6.07, 6.45) is 0.237. The average molecular weight is 273 g/mol. The molecular formula is C15H19N3O2. The monoisotopic (exact) mass is 273 g/mol. The number of benzene rings is 1. The molecule has 0 atom stereocenters. The molecule has 5 heteroatoms. The van der Waals surface area contributed by atoms with Crippen molar-refractivity contribution in [3.63, 3.8) is 0 Å². The molecule has 0 radical (unpaired) electrons. The number of nitrogens with two attached hydrogens (primary N) is 1. The zero-order chi connectivity index (χ0) is 14.7. The second kappa shape index (κ2) is 5.77. The van der Waals surface area contributed by atoms with Gasteiger partial charge in [-0.2, -0.15) is 0 Å². The van der Waals surface area contributed by atoms with Crippen LogP contribution in [0.2, 0.25) is 0 Å². The third-order valence-corrected chi connectivity index (χ3v) is 3.06. The predicted octanol–water partition coefficient (Wildman–Crippen LogP) is 1.50. The third-order valence-electron chi connectivity index (χ3n) is 3.06. The van der Waals surface area contributed by atoms with Crippen LogP contribution in [0.15, 0.2) is 35.1 Å². The lowest BCUT2D eigenvalue weighted by molar-refractivity contribution is -0.121. The van der Waals surface area contributed by atoms with E-state index in [2.05, 4.69) is 5.32 Å². The first kappa shape index (κ1) is 14.1. The number of nitrogens with one attached hydrogen (secondary N) is 1. The van der Waals surface area contributed by atoms with Crippen molar-refractivity contribution in [1.82, 2.24) is 9.88 Å². The second-order valence-corrected chi connectivity index (χ2v) is 5.09. The molecule has 0 bridgehead atoms. The van der Waals surface area contributed by atoms with Crippen LogP contribution in [0.1, 0.15) is 20.3 Å². The summed E-state index contributed by atoms with van der Waals surface area (Å²) in [5.41, 5.74) is 5.75. The van der Waals surface area contributed by atoms with Gasteiger partial charge in [-0.15, -0.1) is 0 Å². The van der Waals surface area contributed by atoms with Crippen molar-refractivity contribution in [2.45, 2.75) is 32.9 Å². The molecule has 1 heterocycles. The largest absolute Gasteiger partial charge is 0.385 e. The number of fused-ring (bicyclic) bond motifs is 1. The topological polar surface area (TPSA) is 77.1 Å². The van der Waals surface area contributed by atoms with Gasteiger partial charge in [-0.25, -0.2) is 0 Å². The number of anilines is 1. The highest BCUT2D eigenvalue weighted by Gasteiger charge is 2.09. The number of rotatable bonds is 4. The number of hydrogen-bond donors (Lipinski definition) is 2. The average Bonchev–Trinajstić information content (AvgIpc) is 2.37. The van der Waals surface area contributed by atoms with Crippen LogP contribution in [0.3, 0.4) is 0 Å². The normalized spacial score (nSPS) is 10.9. The molecular weight excluding hydrogens is 254 g/mol. The minimum atomic E-state index is -0.155. The maximum absolute atomic E-state index is 12.3. The molecule has 0 aliphatic heterocycles. The molecule has 5 nitrogen and oxygen atoms in total. The lowest BCUT2D eigenvalue weighted by Crippen LogP contribution is -2.32. The van der Waals surface area contributed by atoms with E-state index in [-0.39, 0.29) is 30.5 Å². The predicted molar refractivity (Wildman–Crippen MR) is 80.5 cm³/mol. The molecule has 1 amide bonds. The summed E-state index contributed by atoms with van der Waals surface area (Å²) in [6.45, 7) is 4.08. The Morgan fingerprint density at radius 2 is 2.05 bits per heavy atom. The van der Waals surface area contributed by atoms with E-state index >= 15 is 0 Å². The van der Waals surface area contributed by atoms with Gasteiger partial charge in [0.1, 0.15) is 5.82 Å². The highest BCUT2D eigenvalue weighted by atomic mass is 16.2. The molecule has 3 N–H and O–H groups in total. The third kappa shape index (κ3) is 2.99. The van der Waals surface area contributed by atoms with Crippen LogP contribution in [0.5, 0.6) is 0 Å². The van der Waals surface area contributed by atoms with Crippen molar-refractivity contribution >= 4 is 22.5 Å². The minimum Gasteiger partial charge on any atom is -0.385 e. The number of nitrogen functional groups attached to an aromatic ring is 1. The Balaban J connectivity index is 2.26. The van der Waals surface area contributed by atoms with Crippen LogP contribution < -0.4 is 16.6 Å². The number of pyridine rings is 1. The number of carbonyl (C=O) groups is 1. The van der Waals surface area contributed by atoms with Gasteiger partial charge < -0.3 is 11.1 Å². The van der Waals surface area contributed by atoms with Crippen molar-refractivity contribution in [3.8, 4) is 0 Å². The molecule has 1 aromatic carbocycles. The molecule has 0 aliphatic rings. The summed E-state index contributed by atoms with van der Waals surface area (Å²) in [7, 11) is 0. The molecule has 0 spiro atoms. The molecule has 0 aliphatic carbocycles. The molecule has 0 saturated carbocycles. The summed E-state index contributed by atoms with van der Waals surface area (Å²) in [5.74, 6) is 0.297. The van der Waals surface area contributed by atoms with Gasteiger partial charge in [0.05, 0.1) is 0 Å². The SMILES string of the molecule is CC(C)NC(=O)CCn1c(N)cc2ccccc2c1=O. The number of nitrogens with zero attached hydrogens (tertiary/aromatic N) is 1. The highest BCUT2D eigenvalue weighted by molar-refractivity contribution is 5.83. The molecule has 106 valence electrons. The van der Waals surface area contributed by atoms with E-state index in [0.717, 1.165) is 5.39 Å². The van der Waals surface area contributed by atoms with E-state index in [9.17, 15) is 9.59 Å². The zero-order valence-corrected chi connectivity index (χ0v) is 11.7. The smallest absolute Gasteiger partial charge is 0.259 e. The summed E-state index contributed by atoms with van der Waals surface area (Å²) in [5, 5.41) is 4.23. The van der Waals surface area contributed by atoms with Crippen LogP contribution >= 0.6 is 0 Å². The van der Waals surface area contributed by atoms with Gasteiger partial charge in [-0.05, 0) is 31.4 Å². The van der Waals surface area contributed by atoms with E-state index < -0.39 is 0 Å². The summed E-state index contributed by atoms with van der Waals surface area (Å²) >= 11 is 0. The van der Waals surface area contributed by atoms with E-state index in [4.69, 9.17) is 5.73 Å². The van der Waals surface area contributed by atoms with Gasteiger partial charge in [0, 0.05) is 24.4 Å². The fraction of sp³-hybridized carbons (Fsp3) is 0.333. The van der Waals surface area contributed by atoms with E-state index in [1.54, 1.807) is 12.1 Å². The van der Waals surface area contributed by atoms with Gasteiger partial charge in [-0.1, -0.05) is 18.2 Å². The van der Waals surface area contributed by atoms with Crippen molar-refractivity contribution < 1.29 is 4.79 Å². The van der Waals surface area contributed by atoms with Crippen molar-refractivity contribution in [2.75, 3.05) is 5.73 Å². The first-order valence-corrected chi connectivity index (χ1v) is 6.66. The minimum absolute atomic E-state index is 0.0838. The molecule has 2 aromatic rings. The number of hydrogen-bond acceptors (Lipinski definition) is 3. The lowest BCUT2D eigenvalue weighted by Gasteiger charge is -2.12. The van der Waals surface area contributed by atoms with Crippen LogP contribution in [-0.4, -0.2) is 16.5 Å². The van der Waals surface area contributed by atoms with Gasteiger partial charge in [-0.3, -0.25) is 14.2 Å². The van der Waals surface area contributed by atoms with Gasteiger partial charge in [0.2, 0.25) is 5.91 Å². The fourth-order valence-corrected chi connectivity index (χ4v) is 2.16. The van der Waals surface area contributed by atoms with Crippen molar-refractivity contribution in [3.05, 3.63) is 40.7 Å². The second-order valence-electron chi connectivity index (χ2n) is 5.09. The first-order chi connectivity index (χ1) is 9.49. The number of amides is 1. The molecule has 20 heavy (non-hydrogen) atoms. The van der Waals surface area contributed by atoms with Crippen LogP contribution in [-0.2, 0) is 11.3 Å². The lowest BCUT2D eigenvalue weighted by atomic mass is 10.1. The van der Waals surface area contributed by atoms with Gasteiger partial charge >= 0.3 is 0 Å². The van der Waals surface area contributed by atoms with Crippen molar-refractivity contribution in [1.29, 1.82) is 0 Å². The Bertz CT molecular complexity index is 689. The summed E-state index contributed by atoms with van der Waals surface area (Å²) < 4.78 is 1.45. The number of aromatic nitrogens is 1. The Kier molecular flexibility index (Phi) is 4.08. The molecule has 0 unspecified atom stereocenters. The van der Waals surface area contributed by atoms with Crippen LogP contribution in [0.4, 0.5) is 5.82 Å². The van der Waals surface area contributed by atoms with Gasteiger partial charge in [0.15, 0.2) is 0 Å². The Morgan fingerprint density at radius 3 is 2.75 bits per heavy atom. The molecule has 1 aromatic heterocycles. The van der Waals surface area contributed by atoms with Crippen LogP contribution in [0, 0.1) is 0 Å². The van der Waals surface area contributed by atoms with E-state index in [0.29, 0.717) is 11.2 Å². The molecule has 0 saturated heterocycles. The first-order valence-electron chi connectivity index (χ1n) is 6.66. The van der Waals surface area contributed by atoms with E-state index in [1.807, 2.05) is 32.0 Å². The Labute approximate surface area is 117 Å². The standard InChI is InChI=1S/C15H19N3O2/c1-10(2)17-14(19)7-8-18-13(16)9-11-5-3-4-6-12(11)15(18)20/h3-6,9-10H,7-8,16H2,1-2H3,(H,17,19). The summed E-state index contributed by atoms with van der Waals surface area (Å²) in [4.78, 5) is 24.0. The van der Waals surface area contributed by atoms with Gasteiger partial charge in [0.25, 0.3) is 5.56 Å². The maximum atomic E-state index is 12.3. The molecule has 2 rings (SSSR count). The summed E-state index contributed by atoms with van der Waals surface area (Å²) in [6, 6.07) is 9.15. The fourth-order valence-electron chi connectivity index (χ4n) is 2.16. The quantitative estimate of drug-likeness (QED) is 0.886. The highest BCUT2D eigenvalue weighted by Crippen LogP contribution is 2.13. The zero-order valence-electron chi connectivity index (χ0n) is 11.7. The molecule has 0 fully saturated rings.